The maximum absolute atomic E-state index is 14.6. The van der Waals surface area contributed by atoms with Crippen molar-refractivity contribution < 1.29 is 37.0 Å². The Morgan fingerprint density at radius 3 is 2.52 bits per heavy atom. The number of aromatic nitrogens is 3. The minimum absolute atomic E-state index is 0.0317. The van der Waals surface area contributed by atoms with Crippen LogP contribution in [-0.4, -0.2) is 51.0 Å². The lowest BCUT2D eigenvalue weighted by molar-refractivity contribution is -0.265. The van der Waals surface area contributed by atoms with E-state index < -0.39 is 47.1 Å². The van der Waals surface area contributed by atoms with Crippen LogP contribution >= 0.6 is 11.6 Å². The van der Waals surface area contributed by atoms with Crippen molar-refractivity contribution in [1.29, 1.82) is 0 Å². The molecule has 0 aliphatic carbocycles. The van der Waals surface area contributed by atoms with Gasteiger partial charge in [-0.3, -0.25) is 14.3 Å². The van der Waals surface area contributed by atoms with Crippen molar-refractivity contribution in [3.8, 4) is 17.0 Å². The zero-order valence-corrected chi connectivity index (χ0v) is 23.0. The topological polar surface area (TPSA) is 132 Å². The fourth-order valence-electron chi connectivity index (χ4n) is 4.68. The normalized spacial score (nSPS) is 17.9. The molecular weight excluding hydrogens is 582 g/mol. The largest absolute Gasteiger partial charge is 0.489 e. The molecule has 0 spiro atoms. The zero-order valence-electron chi connectivity index (χ0n) is 22.2. The van der Waals surface area contributed by atoms with Crippen molar-refractivity contribution in [3.63, 3.8) is 0 Å². The Kier molecular flexibility index (Phi) is 7.14. The lowest BCUT2D eigenvalue weighted by Crippen LogP contribution is -2.51. The summed E-state index contributed by atoms with van der Waals surface area (Å²) in [6.45, 7) is 2.11. The number of halogens is 5. The van der Waals surface area contributed by atoms with Crippen LogP contribution in [0.1, 0.15) is 35.5 Å². The number of rotatable bonds is 7. The first-order valence-electron chi connectivity index (χ1n) is 12.7. The van der Waals surface area contributed by atoms with Crippen LogP contribution in [-0.2, 0) is 22.4 Å². The highest BCUT2D eigenvalue weighted by Crippen LogP contribution is 2.47. The number of alkyl halides is 3. The van der Waals surface area contributed by atoms with Crippen molar-refractivity contribution in [3.05, 3.63) is 76.3 Å². The molecule has 4 aromatic rings. The highest BCUT2D eigenvalue weighted by Gasteiger charge is 2.57. The van der Waals surface area contributed by atoms with Crippen LogP contribution < -0.4 is 15.8 Å². The van der Waals surface area contributed by atoms with E-state index in [1.54, 1.807) is 10.9 Å². The fourth-order valence-corrected chi connectivity index (χ4v) is 4.95. The second-order valence-electron chi connectivity index (χ2n) is 10.1. The van der Waals surface area contributed by atoms with Gasteiger partial charge in [-0.05, 0) is 56.3 Å². The second-order valence-corrected chi connectivity index (χ2v) is 10.6. The van der Waals surface area contributed by atoms with E-state index in [1.807, 2.05) is 6.92 Å². The number of fused-ring (bicyclic) bond motifs is 2. The van der Waals surface area contributed by atoms with E-state index in [0.717, 1.165) is 18.2 Å². The van der Waals surface area contributed by atoms with Gasteiger partial charge in [-0.1, -0.05) is 11.6 Å². The number of ether oxygens (including phenoxy) is 1. The summed E-state index contributed by atoms with van der Waals surface area (Å²) in [5.41, 5.74) is -0.342. The smallest absolute Gasteiger partial charge is 0.424 e. The van der Waals surface area contributed by atoms with E-state index in [0.29, 0.717) is 17.4 Å². The van der Waals surface area contributed by atoms with Gasteiger partial charge in [-0.15, -0.1) is 0 Å². The Morgan fingerprint density at radius 1 is 1.21 bits per heavy atom. The summed E-state index contributed by atoms with van der Waals surface area (Å²) >= 11 is 6.26. The molecule has 0 fully saturated rings. The van der Waals surface area contributed by atoms with Gasteiger partial charge < -0.3 is 20.9 Å². The number of hydrogen-bond acceptors (Lipinski definition) is 6. The summed E-state index contributed by atoms with van der Waals surface area (Å²) in [6.07, 6.45) is -3.72. The van der Waals surface area contributed by atoms with Gasteiger partial charge in [0.15, 0.2) is 0 Å². The standard InChI is InChI=1S/C28H24ClF4N5O4/c1-3-38-11-16-8-15(9-19(29)21(16)37-38)24(39)35-12-27(41,28(31,32)33)20-10-18-23(42-13-26(18,2)25(34)40)22(36-20)14-4-6-17(30)7-5-14/h4-11,41H,3,12-13H2,1-2H3,(H2,34,40)(H,35,39)/t26-,27-/m0/s1. The van der Waals surface area contributed by atoms with Gasteiger partial charge in [-0.2, -0.15) is 18.3 Å². The van der Waals surface area contributed by atoms with E-state index in [2.05, 4.69) is 15.4 Å². The van der Waals surface area contributed by atoms with Crippen molar-refractivity contribution in [2.75, 3.05) is 13.2 Å². The minimum atomic E-state index is -5.35. The highest BCUT2D eigenvalue weighted by atomic mass is 35.5. The molecule has 0 saturated carbocycles. The average Bonchev–Trinajstić information content (AvgIpc) is 3.53. The predicted molar refractivity (Wildman–Crippen MR) is 144 cm³/mol. The molecule has 14 heteroatoms. The molecule has 0 bridgehead atoms. The van der Waals surface area contributed by atoms with Gasteiger partial charge in [0.05, 0.1) is 17.3 Å². The Hall–Kier alpha value is -4.23. The number of primary amides is 1. The summed E-state index contributed by atoms with van der Waals surface area (Å²) in [7, 11) is 0. The third-order valence-corrected chi connectivity index (χ3v) is 7.62. The predicted octanol–water partition coefficient (Wildman–Crippen LogP) is 4.23. The molecule has 5 rings (SSSR count). The van der Waals surface area contributed by atoms with E-state index in [9.17, 15) is 32.3 Å². The van der Waals surface area contributed by atoms with Gasteiger partial charge in [0.1, 0.15) is 34.8 Å². The Balaban J connectivity index is 1.58. The molecule has 2 amide bonds. The summed E-state index contributed by atoms with van der Waals surface area (Å²) < 4.78 is 64.7. The molecular formula is C28H24ClF4N5O4. The first-order valence-corrected chi connectivity index (χ1v) is 13.0. The SMILES string of the molecule is CCn1cc2cc(C(=O)NC[C@](O)(c3cc4c(c(-c5ccc(F)cc5)n3)OC[C@]4(C)C(N)=O)C(F)(F)F)cc(Cl)c2n1. The third-order valence-electron chi connectivity index (χ3n) is 7.33. The molecule has 9 nitrogen and oxygen atoms in total. The number of hydrogen-bond donors (Lipinski definition) is 3. The van der Waals surface area contributed by atoms with E-state index in [1.165, 1.54) is 31.2 Å². The molecule has 1 aliphatic heterocycles. The van der Waals surface area contributed by atoms with Crippen molar-refractivity contribution in [2.45, 2.75) is 37.6 Å². The number of amides is 2. The number of benzene rings is 2. The summed E-state index contributed by atoms with van der Waals surface area (Å²) in [4.78, 5) is 29.4. The Labute approximate surface area is 241 Å². The van der Waals surface area contributed by atoms with Crippen molar-refractivity contribution in [2.24, 2.45) is 5.73 Å². The fraction of sp³-hybridized carbons (Fsp3) is 0.286. The Morgan fingerprint density at radius 2 is 1.90 bits per heavy atom. The molecule has 0 unspecified atom stereocenters. The van der Waals surface area contributed by atoms with Gasteiger partial charge >= 0.3 is 6.18 Å². The summed E-state index contributed by atoms with van der Waals surface area (Å²) in [6, 6.07) is 8.23. The molecule has 42 heavy (non-hydrogen) atoms. The molecule has 4 N–H and O–H groups in total. The first-order chi connectivity index (χ1) is 19.7. The van der Waals surface area contributed by atoms with Crippen LogP contribution in [0.2, 0.25) is 5.02 Å². The summed E-state index contributed by atoms with van der Waals surface area (Å²) in [5, 5.41) is 18.2. The van der Waals surface area contributed by atoms with Gasteiger partial charge in [-0.25, -0.2) is 9.37 Å². The van der Waals surface area contributed by atoms with Crippen molar-refractivity contribution in [1.82, 2.24) is 20.1 Å². The van der Waals surface area contributed by atoms with Gasteiger partial charge in [0, 0.05) is 34.8 Å². The van der Waals surface area contributed by atoms with Crippen LogP contribution in [0.4, 0.5) is 17.6 Å². The molecule has 2 aromatic carbocycles. The maximum Gasteiger partial charge on any atom is 0.424 e. The second kappa shape index (κ2) is 10.2. The third kappa shape index (κ3) is 4.81. The number of pyridine rings is 1. The minimum Gasteiger partial charge on any atom is -0.489 e. The van der Waals surface area contributed by atoms with E-state index in [-0.39, 0.29) is 39.8 Å². The molecule has 220 valence electrons. The lowest BCUT2D eigenvalue weighted by atomic mass is 9.81. The molecule has 1 aliphatic rings. The number of nitrogens with zero attached hydrogens (tertiary/aromatic N) is 3. The number of aryl methyl sites for hydroxylation is 1. The lowest BCUT2D eigenvalue weighted by Gasteiger charge is -2.31. The number of nitrogens with two attached hydrogens (primary N) is 1. The van der Waals surface area contributed by atoms with Crippen LogP contribution in [0.15, 0.2) is 48.7 Å². The van der Waals surface area contributed by atoms with Crippen LogP contribution in [0.5, 0.6) is 5.75 Å². The van der Waals surface area contributed by atoms with Crippen molar-refractivity contribution >= 4 is 34.3 Å². The van der Waals surface area contributed by atoms with Crippen LogP contribution in [0, 0.1) is 5.82 Å². The average molecular weight is 606 g/mol. The molecule has 3 heterocycles. The molecule has 2 atom stereocenters. The Bertz CT molecular complexity index is 1730. The monoisotopic (exact) mass is 605 g/mol. The zero-order chi connectivity index (χ0) is 30.6. The van der Waals surface area contributed by atoms with Crippen LogP contribution in [0.3, 0.4) is 0 Å². The molecule has 0 radical (unpaired) electrons. The number of carbonyl (C=O) groups is 2. The quantitative estimate of drug-likeness (QED) is 0.270. The molecule has 2 aromatic heterocycles. The van der Waals surface area contributed by atoms with E-state index in [4.69, 9.17) is 22.1 Å². The van der Waals surface area contributed by atoms with E-state index >= 15 is 0 Å². The highest BCUT2D eigenvalue weighted by molar-refractivity contribution is 6.35. The number of carbonyl (C=O) groups excluding carboxylic acids is 2. The summed E-state index contributed by atoms with van der Waals surface area (Å²) in [5.74, 6) is -2.47. The number of nitrogens with one attached hydrogen (secondary N) is 1. The van der Waals surface area contributed by atoms with Gasteiger partial charge in [0.25, 0.3) is 5.91 Å². The molecule has 0 saturated heterocycles. The number of aliphatic hydroxyl groups is 1. The van der Waals surface area contributed by atoms with Crippen LogP contribution in [0.25, 0.3) is 22.2 Å². The van der Waals surface area contributed by atoms with Gasteiger partial charge in [0.2, 0.25) is 11.5 Å². The maximum atomic E-state index is 14.6. The first kappa shape index (κ1) is 29.3.